The average molecular weight is 242 g/mol. The third-order valence-electron chi connectivity index (χ3n) is 1.94. The van der Waals surface area contributed by atoms with Gasteiger partial charge in [0.25, 0.3) is 0 Å². The Kier molecular flexibility index (Phi) is 7.41. The van der Waals surface area contributed by atoms with Gasteiger partial charge >= 0.3 is 12.0 Å². The van der Waals surface area contributed by atoms with Gasteiger partial charge in [0.15, 0.2) is 0 Å². The smallest absolute Gasteiger partial charge is 0.321 e. The van der Waals surface area contributed by atoms with E-state index >= 15 is 0 Å². The van der Waals surface area contributed by atoms with E-state index in [0.717, 1.165) is 0 Å². The van der Waals surface area contributed by atoms with Crippen LogP contribution < -0.4 is 10.6 Å². The van der Waals surface area contributed by atoms with Gasteiger partial charge in [-0.3, -0.25) is 14.9 Å². The van der Waals surface area contributed by atoms with Crippen LogP contribution in [0.15, 0.2) is 12.7 Å². The van der Waals surface area contributed by atoms with Gasteiger partial charge in [-0.15, -0.1) is 6.58 Å². The summed E-state index contributed by atoms with van der Waals surface area (Å²) >= 11 is 0. The molecule has 96 valence electrons. The van der Waals surface area contributed by atoms with Crippen LogP contribution in [0, 0.1) is 5.92 Å². The van der Waals surface area contributed by atoms with E-state index in [9.17, 15) is 14.4 Å². The van der Waals surface area contributed by atoms with Gasteiger partial charge < -0.3 is 10.4 Å². The van der Waals surface area contributed by atoms with Crippen LogP contribution in [-0.2, 0) is 9.59 Å². The second-order valence-corrected chi connectivity index (χ2v) is 3.79. The molecule has 0 saturated carbocycles. The van der Waals surface area contributed by atoms with E-state index in [-0.39, 0.29) is 18.8 Å². The van der Waals surface area contributed by atoms with Crippen LogP contribution in [0.25, 0.3) is 0 Å². The van der Waals surface area contributed by atoms with Crippen LogP contribution in [0.3, 0.4) is 0 Å². The van der Waals surface area contributed by atoms with Crippen molar-refractivity contribution in [2.75, 3.05) is 6.54 Å². The predicted molar refractivity (Wildman–Crippen MR) is 62.4 cm³/mol. The second-order valence-electron chi connectivity index (χ2n) is 3.79. The molecule has 0 aromatic rings. The molecule has 0 spiro atoms. The molecule has 17 heavy (non-hydrogen) atoms. The number of urea groups is 1. The third-order valence-corrected chi connectivity index (χ3v) is 1.94. The Bertz CT molecular complexity index is 302. The zero-order chi connectivity index (χ0) is 13.3. The van der Waals surface area contributed by atoms with Crippen LogP contribution in [0.2, 0.25) is 0 Å². The van der Waals surface area contributed by atoms with E-state index < -0.39 is 17.9 Å². The van der Waals surface area contributed by atoms with Crippen molar-refractivity contribution in [1.82, 2.24) is 10.6 Å². The summed E-state index contributed by atoms with van der Waals surface area (Å²) in [5.74, 6) is -1.73. The van der Waals surface area contributed by atoms with Crippen LogP contribution in [0.5, 0.6) is 0 Å². The summed E-state index contributed by atoms with van der Waals surface area (Å²) in [4.78, 5) is 32.8. The largest absolute Gasteiger partial charge is 0.481 e. The van der Waals surface area contributed by atoms with Crippen molar-refractivity contribution < 1.29 is 19.5 Å². The summed E-state index contributed by atoms with van der Waals surface area (Å²) in [5.41, 5.74) is 0. The fourth-order valence-corrected chi connectivity index (χ4v) is 1.20. The first-order chi connectivity index (χ1) is 7.95. The minimum absolute atomic E-state index is 0.0151. The Hall–Kier alpha value is -1.85. The number of carbonyl (C=O) groups is 3. The first kappa shape index (κ1) is 15.2. The van der Waals surface area contributed by atoms with E-state index in [1.165, 1.54) is 0 Å². The molecule has 0 aromatic carbocycles. The maximum Gasteiger partial charge on any atom is 0.321 e. The highest BCUT2D eigenvalue weighted by Crippen LogP contribution is 2.06. The number of imide groups is 1. The maximum absolute atomic E-state index is 11.3. The Morgan fingerprint density at radius 3 is 2.53 bits per heavy atom. The van der Waals surface area contributed by atoms with Gasteiger partial charge in [0.2, 0.25) is 5.91 Å². The van der Waals surface area contributed by atoms with E-state index in [4.69, 9.17) is 5.11 Å². The molecule has 0 aliphatic heterocycles. The fourth-order valence-electron chi connectivity index (χ4n) is 1.20. The summed E-state index contributed by atoms with van der Waals surface area (Å²) in [5, 5.41) is 13.1. The molecule has 0 fully saturated rings. The first-order valence-electron chi connectivity index (χ1n) is 5.36. The van der Waals surface area contributed by atoms with Crippen LogP contribution in [0.1, 0.15) is 26.2 Å². The molecule has 0 aliphatic carbocycles. The molecule has 0 radical (unpaired) electrons. The van der Waals surface area contributed by atoms with Gasteiger partial charge in [-0.2, -0.15) is 0 Å². The zero-order valence-electron chi connectivity index (χ0n) is 9.86. The lowest BCUT2D eigenvalue weighted by Gasteiger charge is -2.09. The van der Waals surface area contributed by atoms with Crippen molar-refractivity contribution in [3.63, 3.8) is 0 Å². The van der Waals surface area contributed by atoms with Gasteiger partial charge in [0.1, 0.15) is 0 Å². The number of rotatable bonds is 7. The van der Waals surface area contributed by atoms with E-state index in [1.807, 2.05) is 0 Å². The summed E-state index contributed by atoms with van der Waals surface area (Å²) in [7, 11) is 0. The fraction of sp³-hybridized carbons (Fsp3) is 0.545. The minimum atomic E-state index is -0.958. The lowest BCUT2D eigenvalue weighted by Crippen LogP contribution is -2.40. The maximum atomic E-state index is 11.3. The molecule has 0 rings (SSSR count). The Morgan fingerprint density at radius 1 is 1.35 bits per heavy atom. The van der Waals surface area contributed by atoms with Gasteiger partial charge in [-0.05, 0) is 12.3 Å². The van der Waals surface area contributed by atoms with Gasteiger partial charge in [-0.25, -0.2) is 4.79 Å². The van der Waals surface area contributed by atoms with Crippen LogP contribution >= 0.6 is 0 Å². The van der Waals surface area contributed by atoms with Gasteiger partial charge in [0.05, 0.1) is 0 Å². The highest BCUT2D eigenvalue weighted by molar-refractivity contribution is 5.94. The highest BCUT2D eigenvalue weighted by atomic mass is 16.4. The molecule has 0 aliphatic rings. The SMILES string of the molecule is C=CCCNC(=O)NC(=O)CC(C)CC(=O)O. The zero-order valence-corrected chi connectivity index (χ0v) is 9.86. The summed E-state index contributed by atoms with van der Waals surface area (Å²) in [6, 6.07) is -0.570. The molecule has 6 nitrogen and oxygen atoms in total. The third kappa shape index (κ3) is 9.10. The van der Waals surface area contributed by atoms with Gasteiger partial charge in [0, 0.05) is 19.4 Å². The van der Waals surface area contributed by atoms with Crippen molar-refractivity contribution in [1.29, 1.82) is 0 Å². The van der Waals surface area contributed by atoms with Crippen LogP contribution in [-0.4, -0.2) is 29.6 Å². The molecular weight excluding hydrogens is 224 g/mol. The molecule has 0 aromatic heterocycles. The molecule has 3 amide bonds. The molecule has 0 bridgehead atoms. The first-order valence-corrected chi connectivity index (χ1v) is 5.36. The van der Waals surface area contributed by atoms with Gasteiger partial charge in [-0.1, -0.05) is 13.0 Å². The molecule has 6 heteroatoms. The lowest BCUT2D eigenvalue weighted by molar-refractivity contribution is -0.138. The molecule has 0 heterocycles. The topological polar surface area (TPSA) is 95.5 Å². The monoisotopic (exact) mass is 242 g/mol. The van der Waals surface area contributed by atoms with E-state index in [2.05, 4.69) is 17.2 Å². The van der Waals surface area contributed by atoms with Crippen molar-refractivity contribution >= 4 is 17.9 Å². The molecule has 1 atom stereocenters. The summed E-state index contributed by atoms with van der Waals surface area (Å²) in [6.45, 7) is 5.54. The number of nitrogens with one attached hydrogen (secondary N) is 2. The number of amides is 3. The Labute approximate surface area is 100 Å². The quantitative estimate of drug-likeness (QED) is 0.456. The summed E-state index contributed by atoms with van der Waals surface area (Å²) < 4.78 is 0. The predicted octanol–water partition coefficient (Wildman–Crippen LogP) is 0.889. The second kappa shape index (κ2) is 8.32. The number of aliphatic carboxylic acids is 1. The number of carboxylic acids is 1. The number of hydrogen-bond acceptors (Lipinski definition) is 3. The summed E-state index contributed by atoms with van der Waals surface area (Å²) in [6.07, 6.45) is 2.20. The minimum Gasteiger partial charge on any atom is -0.481 e. The van der Waals surface area contributed by atoms with Crippen molar-refractivity contribution in [3.8, 4) is 0 Å². The normalized spacial score (nSPS) is 11.4. The molecule has 3 N–H and O–H groups in total. The number of carbonyl (C=O) groups excluding carboxylic acids is 2. The Morgan fingerprint density at radius 2 is 2.00 bits per heavy atom. The molecular formula is C11H18N2O4. The van der Waals surface area contributed by atoms with E-state index in [0.29, 0.717) is 13.0 Å². The van der Waals surface area contributed by atoms with Crippen molar-refractivity contribution in [3.05, 3.63) is 12.7 Å². The number of carboxylic acid groups (broad SMARTS) is 1. The Balaban J connectivity index is 3.80. The van der Waals surface area contributed by atoms with Crippen molar-refractivity contribution in [2.24, 2.45) is 5.92 Å². The van der Waals surface area contributed by atoms with Crippen LogP contribution in [0.4, 0.5) is 4.79 Å². The standard InChI is InChI=1S/C11H18N2O4/c1-3-4-5-12-11(17)13-9(14)6-8(2)7-10(15)16/h3,8H,1,4-7H2,2H3,(H,15,16)(H2,12,13,14,17). The molecule has 1 unspecified atom stereocenters. The highest BCUT2D eigenvalue weighted by Gasteiger charge is 2.14. The van der Waals surface area contributed by atoms with E-state index in [1.54, 1.807) is 13.0 Å². The number of hydrogen-bond donors (Lipinski definition) is 3. The lowest BCUT2D eigenvalue weighted by atomic mass is 10.0. The molecule has 0 saturated heterocycles. The van der Waals surface area contributed by atoms with Crippen molar-refractivity contribution in [2.45, 2.75) is 26.2 Å². The average Bonchev–Trinajstić information content (AvgIpc) is 2.15.